The van der Waals surface area contributed by atoms with Crippen molar-refractivity contribution < 1.29 is 31.2 Å². The van der Waals surface area contributed by atoms with E-state index in [1.165, 1.54) is 36.1 Å². The molecule has 0 aliphatic heterocycles. The summed E-state index contributed by atoms with van der Waals surface area (Å²) in [6.07, 6.45) is -3.84. The minimum absolute atomic E-state index is 0.0137. The molecule has 0 N–H and O–H groups in total. The Labute approximate surface area is 162 Å². The number of hydrogen-bond acceptors (Lipinski definition) is 4. The molecule has 2 amide bonds. The summed E-state index contributed by atoms with van der Waals surface area (Å²) in [7, 11) is -2.43. The predicted molar refractivity (Wildman–Crippen MR) is 99.4 cm³/mol. The maximum Gasteiger partial charge on any atom is 0.391 e. The molecule has 0 atom stereocenters. The molecule has 1 aliphatic carbocycles. The van der Waals surface area contributed by atoms with Crippen molar-refractivity contribution >= 4 is 33.2 Å². The molecule has 28 heavy (non-hydrogen) atoms. The zero-order valence-corrected chi connectivity index (χ0v) is 16.7. The summed E-state index contributed by atoms with van der Waals surface area (Å²) in [6, 6.07) is 5.80. The number of carbonyl (C=O) groups excluding carboxylic acids is 2. The quantitative estimate of drug-likeness (QED) is 0.749. The van der Waals surface area contributed by atoms with Crippen LogP contribution in [0.25, 0.3) is 0 Å². The summed E-state index contributed by atoms with van der Waals surface area (Å²) in [4.78, 5) is 25.6. The van der Waals surface area contributed by atoms with Gasteiger partial charge in [-0.2, -0.15) is 13.2 Å². The molecule has 1 saturated carbocycles. The van der Waals surface area contributed by atoms with E-state index in [4.69, 9.17) is 0 Å². The maximum absolute atomic E-state index is 12.8. The van der Waals surface area contributed by atoms with Gasteiger partial charge in [0.25, 0.3) is 0 Å². The van der Waals surface area contributed by atoms with E-state index in [0.717, 1.165) is 6.26 Å². The summed E-state index contributed by atoms with van der Waals surface area (Å²) in [5, 5.41) is 0. The molecule has 156 valence electrons. The Hall–Kier alpha value is -2.10. The molecule has 0 aromatic heterocycles. The smallest absolute Gasteiger partial charge is 0.316 e. The molecule has 1 fully saturated rings. The number of rotatable bonds is 4. The first kappa shape index (κ1) is 22.2. The maximum atomic E-state index is 12.8. The second-order valence-electron chi connectivity index (χ2n) is 7.05. The van der Waals surface area contributed by atoms with Crippen molar-refractivity contribution in [1.29, 1.82) is 0 Å². The van der Waals surface area contributed by atoms with Gasteiger partial charge < -0.3 is 4.90 Å². The van der Waals surface area contributed by atoms with Crippen LogP contribution in [0.5, 0.6) is 0 Å². The second kappa shape index (κ2) is 8.10. The summed E-state index contributed by atoms with van der Waals surface area (Å²) in [6.45, 7) is 1.37. The van der Waals surface area contributed by atoms with Crippen LogP contribution in [0.1, 0.15) is 32.6 Å². The lowest BCUT2D eigenvalue weighted by Crippen LogP contribution is -2.42. The number of hydrogen-bond donors (Lipinski definition) is 0. The fourth-order valence-electron chi connectivity index (χ4n) is 3.31. The molecule has 0 spiro atoms. The number of benzene rings is 1. The molecule has 1 aliphatic rings. The van der Waals surface area contributed by atoms with Gasteiger partial charge in [0.15, 0.2) is 0 Å². The first-order valence-corrected chi connectivity index (χ1v) is 10.6. The van der Waals surface area contributed by atoms with Gasteiger partial charge in [0, 0.05) is 25.6 Å². The lowest BCUT2D eigenvalue weighted by Gasteiger charge is -2.32. The van der Waals surface area contributed by atoms with Crippen LogP contribution in [0.4, 0.5) is 24.5 Å². The zero-order valence-electron chi connectivity index (χ0n) is 15.9. The molecule has 6 nitrogen and oxygen atoms in total. The number of carbonyl (C=O) groups is 2. The second-order valence-corrected chi connectivity index (χ2v) is 8.88. The van der Waals surface area contributed by atoms with E-state index < -0.39 is 33.9 Å². The lowest BCUT2D eigenvalue weighted by molar-refractivity contribution is -0.184. The predicted octanol–water partition coefficient (Wildman–Crippen LogP) is 3.33. The molecule has 10 heteroatoms. The molecule has 1 aromatic carbocycles. The molecule has 0 heterocycles. The Bertz CT molecular complexity index is 829. The highest BCUT2D eigenvalue weighted by Gasteiger charge is 2.43. The Morgan fingerprint density at radius 2 is 1.46 bits per heavy atom. The van der Waals surface area contributed by atoms with E-state index in [-0.39, 0.29) is 37.3 Å². The number of nitrogens with zero attached hydrogens (tertiary/aromatic N) is 2. The molecular formula is C18H23F3N2O4S. The minimum Gasteiger partial charge on any atom is -0.316 e. The van der Waals surface area contributed by atoms with Crippen LogP contribution in [0.15, 0.2) is 24.3 Å². The molecule has 0 radical (unpaired) electrons. The first-order chi connectivity index (χ1) is 12.8. The number of halogens is 3. The third kappa shape index (κ3) is 5.03. The molecule has 0 saturated heterocycles. The normalized spacial score (nSPS) is 20.5. The fourth-order valence-corrected chi connectivity index (χ4v) is 4.29. The largest absolute Gasteiger partial charge is 0.391 e. The van der Waals surface area contributed by atoms with Gasteiger partial charge in [-0.1, -0.05) is 0 Å². The van der Waals surface area contributed by atoms with Crippen molar-refractivity contribution in [3.8, 4) is 0 Å². The minimum atomic E-state index is -4.30. The third-order valence-corrected chi connectivity index (χ3v) is 6.07. The highest BCUT2D eigenvalue weighted by Crippen LogP contribution is 2.40. The van der Waals surface area contributed by atoms with Gasteiger partial charge in [0.1, 0.15) is 0 Å². The van der Waals surface area contributed by atoms with Crippen molar-refractivity contribution in [3.63, 3.8) is 0 Å². The van der Waals surface area contributed by atoms with Crippen LogP contribution in [0, 0.1) is 11.8 Å². The van der Waals surface area contributed by atoms with Crippen molar-refractivity contribution in [3.05, 3.63) is 24.3 Å². The lowest BCUT2D eigenvalue weighted by atomic mass is 9.81. The highest BCUT2D eigenvalue weighted by molar-refractivity contribution is 7.92. The molecule has 1 aromatic rings. The Morgan fingerprint density at radius 3 is 1.86 bits per heavy atom. The van der Waals surface area contributed by atoms with Gasteiger partial charge in [0.2, 0.25) is 21.8 Å². The summed E-state index contributed by atoms with van der Waals surface area (Å²) in [5.74, 6) is -3.18. The van der Waals surface area contributed by atoms with Crippen LogP contribution in [0.2, 0.25) is 0 Å². The molecular weight excluding hydrogens is 397 g/mol. The Kier molecular flexibility index (Phi) is 6.42. The first-order valence-electron chi connectivity index (χ1n) is 8.77. The van der Waals surface area contributed by atoms with E-state index >= 15 is 0 Å². The number of sulfonamides is 1. The van der Waals surface area contributed by atoms with Gasteiger partial charge in [-0.05, 0) is 49.9 Å². The van der Waals surface area contributed by atoms with Crippen molar-refractivity contribution in [2.45, 2.75) is 38.8 Å². The van der Waals surface area contributed by atoms with Crippen LogP contribution >= 0.6 is 0 Å². The number of anilines is 2. The van der Waals surface area contributed by atoms with E-state index in [9.17, 15) is 31.2 Å². The SMILES string of the molecule is CC(=O)N(C)c1ccc(N(C(=O)C2CCC(C(F)(F)F)CC2)S(C)(=O)=O)cc1. The van der Waals surface area contributed by atoms with E-state index in [1.807, 2.05) is 0 Å². The topological polar surface area (TPSA) is 74.8 Å². The molecule has 2 rings (SSSR count). The number of amides is 2. The van der Waals surface area contributed by atoms with Crippen molar-refractivity contribution in [1.82, 2.24) is 0 Å². The van der Waals surface area contributed by atoms with Gasteiger partial charge in [0.05, 0.1) is 17.9 Å². The standard InChI is InChI=1S/C18H23F3N2O4S/c1-12(24)22(2)15-8-10-16(11-9-15)23(28(3,26)27)17(25)13-4-6-14(7-5-13)18(19,20)21/h8-11,13-14H,4-7H2,1-3H3. The highest BCUT2D eigenvalue weighted by atomic mass is 32.2. The Balaban J connectivity index is 2.23. The Morgan fingerprint density at radius 1 is 1.00 bits per heavy atom. The van der Waals surface area contributed by atoms with Crippen molar-refractivity contribution in [2.75, 3.05) is 22.5 Å². The van der Waals surface area contributed by atoms with Gasteiger partial charge in [-0.3, -0.25) is 9.59 Å². The zero-order chi connectivity index (χ0) is 21.3. The van der Waals surface area contributed by atoms with Crippen molar-refractivity contribution in [2.24, 2.45) is 11.8 Å². The van der Waals surface area contributed by atoms with Gasteiger partial charge in [-0.15, -0.1) is 0 Å². The van der Waals surface area contributed by atoms with Gasteiger partial charge >= 0.3 is 6.18 Å². The van der Waals surface area contributed by atoms with Gasteiger partial charge in [-0.25, -0.2) is 12.7 Å². The fraction of sp³-hybridized carbons (Fsp3) is 0.556. The molecule has 0 unspecified atom stereocenters. The summed E-state index contributed by atoms with van der Waals surface area (Å²) < 4.78 is 63.6. The summed E-state index contributed by atoms with van der Waals surface area (Å²) in [5.41, 5.74) is 0.606. The average Bonchev–Trinajstić information content (AvgIpc) is 2.60. The van der Waals surface area contributed by atoms with E-state index in [1.54, 1.807) is 7.05 Å². The number of alkyl halides is 3. The summed E-state index contributed by atoms with van der Waals surface area (Å²) >= 11 is 0. The van der Waals surface area contributed by atoms with Crippen LogP contribution in [-0.2, 0) is 19.6 Å². The van der Waals surface area contributed by atoms with Crippen LogP contribution < -0.4 is 9.21 Å². The van der Waals surface area contributed by atoms with E-state index in [0.29, 0.717) is 9.99 Å². The average molecular weight is 420 g/mol. The molecule has 0 bridgehead atoms. The van der Waals surface area contributed by atoms with Crippen LogP contribution in [-0.4, -0.2) is 39.7 Å². The third-order valence-electron chi connectivity index (χ3n) is 5.01. The van der Waals surface area contributed by atoms with E-state index in [2.05, 4.69) is 0 Å². The monoisotopic (exact) mass is 420 g/mol. The van der Waals surface area contributed by atoms with Crippen LogP contribution in [0.3, 0.4) is 0 Å².